The average molecular weight is 216 g/mol. The Morgan fingerprint density at radius 3 is 2.94 bits per heavy atom. The molecule has 16 heavy (non-hydrogen) atoms. The van der Waals surface area contributed by atoms with Crippen molar-refractivity contribution in [1.29, 1.82) is 0 Å². The Morgan fingerprint density at radius 1 is 1.31 bits per heavy atom. The third-order valence-corrected chi connectivity index (χ3v) is 4.71. The van der Waals surface area contributed by atoms with Crippen molar-refractivity contribution in [3.05, 3.63) is 35.8 Å². The summed E-state index contributed by atoms with van der Waals surface area (Å²) < 4.78 is 5.77. The largest absolute Gasteiger partial charge is 0.468 e. The molecule has 1 heterocycles. The van der Waals surface area contributed by atoms with Gasteiger partial charge in [0.15, 0.2) is 0 Å². The summed E-state index contributed by atoms with van der Waals surface area (Å²) in [6.07, 6.45) is 10.2. The smallest absolute Gasteiger partial charge is 0.116 e. The van der Waals surface area contributed by atoms with Crippen molar-refractivity contribution in [2.45, 2.75) is 45.4 Å². The van der Waals surface area contributed by atoms with Crippen LogP contribution >= 0.6 is 0 Å². The predicted molar refractivity (Wildman–Crippen MR) is 65.4 cm³/mol. The summed E-state index contributed by atoms with van der Waals surface area (Å²) in [5.41, 5.74) is 1.94. The van der Waals surface area contributed by atoms with Crippen LogP contribution in [0.25, 0.3) is 0 Å². The van der Waals surface area contributed by atoms with Crippen LogP contribution in [-0.2, 0) is 11.8 Å². The van der Waals surface area contributed by atoms with Crippen molar-refractivity contribution in [3.8, 4) is 0 Å². The molecule has 0 amide bonds. The van der Waals surface area contributed by atoms with E-state index in [0.717, 1.165) is 0 Å². The van der Waals surface area contributed by atoms with Gasteiger partial charge in [0.1, 0.15) is 5.76 Å². The lowest BCUT2D eigenvalue weighted by Gasteiger charge is -2.49. The summed E-state index contributed by atoms with van der Waals surface area (Å²) in [4.78, 5) is 0. The van der Waals surface area contributed by atoms with Gasteiger partial charge in [0, 0.05) is 5.41 Å². The third-order valence-electron chi connectivity index (χ3n) is 4.71. The van der Waals surface area contributed by atoms with Crippen molar-refractivity contribution in [2.24, 2.45) is 11.3 Å². The highest BCUT2D eigenvalue weighted by Gasteiger charge is 2.49. The van der Waals surface area contributed by atoms with Gasteiger partial charge in [0.05, 0.1) is 6.26 Å². The van der Waals surface area contributed by atoms with Crippen molar-refractivity contribution in [2.75, 3.05) is 0 Å². The van der Waals surface area contributed by atoms with Gasteiger partial charge in [-0.1, -0.05) is 26.0 Å². The summed E-state index contributed by atoms with van der Waals surface area (Å²) >= 11 is 0. The highest BCUT2D eigenvalue weighted by Crippen LogP contribution is 2.54. The molecule has 2 aliphatic rings. The van der Waals surface area contributed by atoms with Crippen LogP contribution in [0.3, 0.4) is 0 Å². The summed E-state index contributed by atoms with van der Waals surface area (Å²) in [5, 5.41) is 0. The molecule has 0 radical (unpaired) electrons. The fourth-order valence-electron chi connectivity index (χ4n) is 3.91. The standard InChI is InChI=1S/C15H20O/c1-14(2)8-4-9-15(3)12(14)6-5-11-7-10-16-13(11)15/h4,7,9-10,12H,5-6,8H2,1-3H3. The number of rotatable bonds is 0. The predicted octanol–water partition coefficient (Wildman–Crippen LogP) is 4.09. The Morgan fingerprint density at radius 2 is 2.12 bits per heavy atom. The molecule has 1 aromatic heterocycles. The Hall–Kier alpha value is -0.980. The average Bonchev–Trinajstić information content (AvgIpc) is 2.65. The van der Waals surface area contributed by atoms with Gasteiger partial charge in [0.2, 0.25) is 0 Å². The van der Waals surface area contributed by atoms with Crippen LogP contribution in [0, 0.1) is 11.3 Å². The molecule has 2 aliphatic carbocycles. The molecule has 2 unspecified atom stereocenters. The number of fused-ring (bicyclic) bond motifs is 3. The van der Waals surface area contributed by atoms with Crippen LogP contribution in [0.2, 0.25) is 0 Å². The maximum absolute atomic E-state index is 5.77. The normalized spacial score (nSPS) is 35.6. The molecule has 1 heteroatoms. The van der Waals surface area contributed by atoms with E-state index in [1.807, 2.05) is 6.26 Å². The second-order valence-electron chi connectivity index (χ2n) is 6.24. The number of hydrogen-bond donors (Lipinski definition) is 0. The number of hydrogen-bond acceptors (Lipinski definition) is 1. The third kappa shape index (κ3) is 1.17. The minimum atomic E-state index is 0.124. The molecule has 0 N–H and O–H groups in total. The molecular formula is C15H20O. The number of allylic oxidation sites excluding steroid dienone is 2. The Labute approximate surface area is 97.5 Å². The molecule has 0 spiro atoms. The van der Waals surface area contributed by atoms with Gasteiger partial charge in [-0.15, -0.1) is 0 Å². The quantitative estimate of drug-likeness (QED) is 0.595. The molecule has 0 saturated carbocycles. The van der Waals surface area contributed by atoms with Crippen molar-refractivity contribution in [1.82, 2.24) is 0 Å². The topological polar surface area (TPSA) is 13.1 Å². The van der Waals surface area contributed by atoms with Gasteiger partial charge >= 0.3 is 0 Å². The first kappa shape index (κ1) is 10.2. The van der Waals surface area contributed by atoms with Gasteiger partial charge in [-0.05, 0) is 49.1 Å². The molecule has 1 nitrogen and oxygen atoms in total. The minimum absolute atomic E-state index is 0.124. The van der Waals surface area contributed by atoms with Gasteiger partial charge in [0.25, 0.3) is 0 Å². The fourth-order valence-corrected chi connectivity index (χ4v) is 3.91. The second kappa shape index (κ2) is 3.03. The van der Waals surface area contributed by atoms with E-state index < -0.39 is 0 Å². The van der Waals surface area contributed by atoms with Gasteiger partial charge in [-0.2, -0.15) is 0 Å². The van der Waals surface area contributed by atoms with E-state index in [1.165, 1.54) is 30.6 Å². The second-order valence-corrected chi connectivity index (χ2v) is 6.24. The van der Waals surface area contributed by atoms with Crippen molar-refractivity contribution in [3.63, 3.8) is 0 Å². The van der Waals surface area contributed by atoms with Crippen LogP contribution in [0.1, 0.15) is 44.9 Å². The fraction of sp³-hybridized carbons (Fsp3) is 0.600. The Balaban J connectivity index is 2.16. The molecule has 2 atom stereocenters. The van der Waals surface area contributed by atoms with Crippen LogP contribution in [-0.4, -0.2) is 0 Å². The van der Waals surface area contributed by atoms with Crippen LogP contribution < -0.4 is 0 Å². The lowest BCUT2D eigenvalue weighted by molar-refractivity contribution is 0.0992. The zero-order chi connectivity index (χ0) is 11.4. The zero-order valence-electron chi connectivity index (χ0n) is 10.4. The van der Waals surface area contributed by atoms with Gasteiger partial charge < -0.3 is 4.42 Å². The summed E-state index contributed by atoms with van der Waals surface area (Å²) in [7, 11) is 0. The number of furan rings is 1. The highest BCUT2D eigenvalue weighted by atomic mass is 16.3. The molecule has 0 saturated heterocycles. The molecule has 0 fully saturated rings. The van der Waals surface area contributed by atoms with Crippen LogP contribution in [0.5, 0.6) is 0 Å². The molecule has 0 bridgehead atoms. The lowest BCUT2D eigenvalue weighted by atomic mass is 9.54. The molecule has 3 rings (SSSR count). The number of aryl methyl sites for hydroxylation is 1. The molecule has 1 aromatic rings. The lowest BCUT2D eigenvalue weighted by Crippen LogP contribution is -2.45. The maximum Gasteiger partial charge on any atom is 0.116 e. The van der Waals surface area contributed by atoms with E-state index in [9.17, 15) is 0 Å². The molecule has 0 aliphatic heterocycles. The van der Waals surface area contributed by atoms with E-state index in [-0.39, 0.29) is 5.41 Å². The van der Waals surface area contributed by atoms with Gasteiger partial charge in [-0.3, -0.25) is 0 Å². The Bertz CT molecular complexity index is 438. The first-order valence-corrected chi connectivity index (χ1v) is 6.28. The first-order valence-electron chi connectivity index (χ1n) is 6.28. The molecule has 86 valence electrons. The van der Waals surface area contributed by atoms with Gasteiger partial charge in [-0.25, -0.2) is 0 Å². The molecular weight excluding hydrogens is 196 g/mol. The minimum Gasteiger partial charge on any atom is -0.468 e. The van der Waals surface area contributed by atoms with E-state index in [4.69, 9.17) is 4.42 Å². The monoisotopic (exact) mass is 216 g/mol. The van der Waals surface area contributed by atoms with Crippen molar-refractivity contribution < 1.29 is 4.42 Å². The highest BCUT2D eigenvalue weighted by molar-refractivity contribution is 5.36. The Kier molecular flexibility index (Phi) is 1.93. The van der Waals surface area contributed by atoms with Crippen molar-refractivity contribution >= 4 is 0 Å². The summed E-state index contributed by atoms with van der Waals surface area (Å²) in [6, 6.07) is 2.15. The summed E-state index contributed by atoms with van der Waals surface area (Å²) in [6.45, 7) is 7.14. The van der Waals surface area contributed by atoms with E-state index in [2.05, 4.69) is 39.0 Å². The van der Waals surface area contributed by atoms with E-state index >= 15 is 0 Å². The van der Waals surface area contributed by atoms with E-state index in [1.54, 1.807) is 0 Å². The van der Waals surface area contributed by atoms with Crippen LogP contribution in [0.4, 0.5) is 0 Å². The first-order chi connectivity index (χ1) is 7.54. The van der Waals surface area contributed by atoms with E-state index in [0.29, 0.717) is 11.3 Å². The zero-order valence-corrected chi connectivity index (χ0v) is 10.4. The summed E-state index contributed by atoms with van der Waals surface area (Å²) in [5.74, 6) is 1.93. The molecule has 0 aromatic carbocycles. The maximum atomic E-state index is 5.77. The SMILES string of the molecule is CC1(C)CC=CC2(C)c3occc3CCC12. The van der Waals surface area contributed by atoms with Crippen LogP contribution in [0.15, 0.2) is 28.9 Å².